The van der Waals surface area contributed by atoms with Crippen molar-refractivity contribution in [3.63, 3.8) is 0 Å². The molecule has 2 heterocycles. The highest BCUT2D eigenvalue weighted by Crippen LogP contribution is 2.25. The third-order valence-electron chi connectivity index (χ3n) is 4.80. The van der Waals surface area contributed by atoms with Gasteiger partial charge in [0.2, 0.25) is 11.7 Å². The standard InChI is InChI=1S/C22H19N5O3/c1-29-16-9-7-15(8-10-16)27-19(24)17-11-12-30-22(17)26-20(27)21(28)25-18(13-23)14-5-3-2-4-6-14/h2-12,18,20H,24H2,1H3,(H,25,28). The molecular weight excluding hydrogens is 382 g/mol. The second kappa shape index (κ2) is 8.01. The summed E-state index contributed by atoms with van der Waals surface area (Å²) in [6.07, 6.45) is 0.423. The molecule has 0 aliphatic carbocycles. The van der Waals surface area contributed by atoms with Crippen molar-refractivity contribution in [2.24, 2.45) is 10.7 Å². The zero-order valence-corrected chi connectivity index (χ0v) is 16.1. The Labute approximate surface area is 172 Å². The summed E-state index contributed by atoms with van der Waals surface area (Å²) in [5.74, 6) is 0.517. The van der Waals surface area contributed by atoms with E-state index in [2.05, 4.69) is 16.4 Å². The molecule has 150 valence electrons. The smallest absolute Gasteiger partial charge is 0.267 e. The van der Waals surface area contributed by atoms with E-state index in [-0.39, 0.29) is 5.55 Å². The van der Waals surface area contributed by atoms with Gasteiger partial charge in [-0.3, -0.25) is 9.69 Å². The minimum absolute atomic E-state index is 0.269. The molecule has 2 aromatic carbocycles. The van der Waals surface area contributed by atoms with E-state index in [1.165, 1.54) is 6.26 Å². The first-order chi connectivity index (χ1) is 14.6. The monoisotopic (exact) mass is 401 g/mol. The van der Waals surface area contributed by atoms with Crippen molar-refractivity contribution >= 4 is 17.4 Å². The lowest BCUT2D eigenvalue weighted by atomic mass is 10.1. The number of hydrogen-bond acceptors (Lipinski definition) is 7. The van der Waals surface area contributed by atoms with E-state index >= 15 is 0 Å². The number of benzene rings is 2. The average molecular weight is 401 g/mol. The van der Waals surface area contributed by atoms with Crippen LogP contribution >= 0.6 is 0 Å². The molecule has 4 rings (SSSR count). The van der Waals surface area contributed by atoms with Gasteiger partial charge < -0.3 is 20.2 Å². The third kappa shape index (κ3) is 3.44. The first-order valence-corrected chi connectivity index (χ1v) is 9.21. The molecule has 0 fully saturated rings. The summed E-state index contributed by atoms with van der Waals surface area (Å²) >= 11 is 0. The van der Waals surface area contributed by atoms with Crippen LogP contribution in [-0.2, 0) is 4.79 Å². The molecule has 0 bridgehead atoms. The van der Waals surface area contributed by atoms with Crippen LogP contribution in [0, 0.1) is 11.3 Å². The summed E-state index contributed by atoms with van der Waals surface area (Å²) in [6.45, 7) is 0. The fourth-order valence-electron chi connectivity index (χ4n) is 3.28. The van der Waals surface area contributed by atoms with Crippen molar-refractivity contribution in [2.75, 3.05) is 12.0 Å². The predicted octanol–water partition coefficient (Wildman–Crippen LogP) is 1.16. The molecule has 2 unspecified atom stereocenters. The van der Waals surface area contributed by atoms with Gasteiger partial charge in [0.05, 0.1) is 24.7 Å². The first-order valence-electron chi connectivity index (χ1n) is 9.21. The minimum atomic E-state index is -1.04. The number of anilines is 1. The summed E-state index contributed by atoms with van der Waals surface area (Å²) < 4.78 is 10.6. The normalized spacial score (nSPS) is 16.1. The summed E-state index contributed by atoms with van der Waals surface area (Å²) in [7, 11) is 1.57. The fraction of sp³-hybridized carbons (Fsp3) is 0.136. The second-order valence-electron chi connectivity index (χ2n) is 6.58. The van der Waals surface area contributed by atoms with Crippen LogP contribution in [0.2, 0.25) is 0 Å². The van der Waals surface area contributed by atoms with Gasteiger partial charge in [0.15, 0.2) is 0 Å². The van der Waals surface area contributed by atoms with E-state index in [0.717, 1.165) is 0 Å². The first kappa shape index (κ1) is 19.1. The van der Waals surface area contributed by atoms with Crippen LogP contribution in [0.5, 0.6) is 5.75 Å². The Morgan fingerprint density at radius 1 is 1.23 bits per heavy atom. The van der Waals surface area contributed by atoms with Crippen molar-refractivity contribution < 1.29 is 13.9 Å². The predicted molar refractivity (Wildman–Crippen MR) is 109 cm³/mol. The molecular formula is C22H19N5O3. The van der Waals surface area contributed by atoms with E-state index in [9.17, 15) is 10.1 Å². The lowest BCUT2D eigenvalue weighted by molar-refractivity contribution is -0.122. The van der Waals surface area contributed by atoms with Crippen LogP contribution in [-0.4, -0.2) is 19.2 Å². The van der Waals surface area contributed by atoms with Gasteiger partial charge in [0, 0.05) is 5.69 Å². The fourth-order valence-corrected chi connectivity index (χ4v) is 3.28. The van der Waals surface area contributed by atoms with Crippen LogP contribution in [0.25, 0.3) is 5.82 Å². The zero-order chi connectivity index (χ0) is 21.1. The van der Waals surface area contributed by atoms with E-state index in [0.29, 0.717) is 28.0 Å². The second-order valence-corrected chi connectivity index (χ2v) is 6.58. The van der Waals surface area contributed by atoms with Crippen molar-refractivity contribution in [1.82, 2.24) is 5.32 Å². The highest BCUT2D eigenvalue weighted by molar-refractivity contribution is 5.89. The van der Waals surface area contributed by atoms with Gasteiger partial charge in [0.25, 0.3) is 5.91 Å². The summed E-state index contributed by atoms with van der Waals surface area (Å²) in [6, 6.07) is 19.1. The topological polar surface area (TPSA) is 117 Å². The number of amides is 1. The number of hydrogen-bond donors (Lipinski definition) is 2. The Bertz CT molecular complexity index is 1210. The largest absolute Gasteiger partial charge is 0.497 e. The van der Waals surface area contributed by atoms with Crippen molar-refractivity contribution in [3.8, 4) is 11.8 Å². The number of nitrogens with two attached hydrogens (primary N) is 1. The number of nitrogens with one attached hydrogen (secondary N) is 1. The Kier molecular flexibility index (Phi) is 5.09. The van der Waals surface area contributed by atoms with Crippen molar-refractivity contribution in [2.45, 2.75) is 12.2 Å². The third-order valence-corrected chi connectivity index (χ3v) is 4.80. The van der Waals surface area contributed by atoms with Gasteiger partial charge >= 0.3 is 0 Å². The van der Waals surface area contributed by atoms with E-state index in [1.807, 2.05) is 6.07 Å². The Morgan fingerprint density at radius 2 is 1.97 bits per heavy atom. The molecule has 1 aliphatic heterocycles. The van der Waals surface area contributed by atoms with Gasteiger partial charge in [-0.1, -0.05) is 30.3 Å². The molecule has 0 saturated carbocycles. The number of fused-ring (bicyclic) bond motifs is 1. The summed E-state index contributed by atoms with van der Waals surface area (Å²) in [5, 5.41) is 12.9. The number of furan rings is 1. The Hall–Kier alpha value is -4.25. The summed E-state index contributed by atoms with van der Waals surface area (Å²) in [5.41, 5.74) is 7.98. The number of carbonyl (C=O) groups excluding carboxylic acids is 1. The van der Waals surface area contributed by atoms with Crippen LogP contribution in [0.3, 0.4) is 0 Å². The molecule has 0 radical (unpaired) electrons. The lowest BCUT2D eigenvalue weighted by Crippen LogP contribution is -2.54. The molecule has 3 N–H and O–H groups in total. The van der Waals surface area contributed by atoms with Crippen LogP contribution < -0.4 is 31.5 Å². The quantitative estimate of drug-likeness (QED) is 0.663. The highest BCUT2D eigenvalue weighted by atomic mass is 16.5. The van der Waals surface area contributed by atoms with E-state index < -0.39 is 18.1 Å². The number of nitriles is 1. The van der Waals surface area contributed by atoms with Crippen LogP contribution in [0.4, 0.5) is 5.69 Å². The molecule has 1 aliphatic rings. The molecule has 30 heavy (non-hydrogen) atoms. The average Bonchev–Trinajstić information content (AvgIpc) is 3.27. The van der Waals surface area contributed by atoms with Crippen molar-refractivity contribution in [3.05, 3.63) is 83.3 Å². The molecule has 3 aromatic rings. The van der Waals surface area contributed by atoms with Gasteiger partial charge in [-0.2, -0.15) is 5.26 Å². The number of carbonyl (C=O) groups is 1. The molecule has 8 heteroatoms. The Morgan fingerprint density at radius 3 is 2.63 bits per heavy atom. The molecule has 2 atom stereocenters. The molecule has 0 spiro atoms. The number of nitrogens with zero attached hydrogens (tertiary/aromatic N) is 3. The molecule has 1 amide bonds. The number of rotatable bonds is 5. The van der Waals surface area contributed by atoms with Gasteiger partial charge in [0.1, 0.15) is 17.6 Å². The van der Waals surface area contributed by atoms with Crippen LogP contribution in [0.1, 0.15) is 11.6 Å². The maximum atomic E-state index is 13.2. The summed E-state index contributed by atoms with van der Waals surface area (Å²) in [4.78, 5) is 19.2. The maximum absolute atomic E-state index is 13.2. The molecule has 1 aromatic heterocycles. The van der Waals surface area contributed by atoms with Crippen LogP contribution in [0.15, 0.2) is 76.3 Å². The van der Waals surface area contributed by atoms with E-state index in [4.69, 9.17) is 14.9 Å². The highest BCUT2D eigenvalue weighted by Gasteiger charge is 2.32. The number of ether oxygens (including phenoxy) is 1. The lowest BCUT2D eigenvalue weighted by Gasteiger charge is -2.32. The number of methoxy groups -OCH3 is 1. The van der Waals surface area contributed by atoms with Gasteiger partial charge in [-0.25, -0.2) is 4.99 Å². The maximum Gasteiger partial charge on any atom is 0.267 e. The van der Waals surface area contributed by atoms with Gasteiger partial charge in [-0.15, -0.1) is 0 Å². The SMILES string of the molecule is COc1ccc(N2C(N)=c3ccoc3=NC2C(=O)NC(C#N)c2ccccc2)cc1. The zero-order valence-electron chi connectivity index (χ0n) is 16.1. The van der Waals surface area contributed by atoms with E-state index in [1.54, 1.807) is 66.6 Å². The molecule has 0 saturated heterocycles. The van der Waals surface area contributed by atoms with Crippen molar-refractivity contribution in [1.29, 1.82) is 5.26 Å². The van der Waals surface area contributed by atoms with Gasteiger partial charge in [-0.05, 0) is 35.9 Å². The molecule has 8 nitrogen and oxygen atoms in total. The Balaban J connectivity index is 1.72. The minimum Gasteiger partial charge on any atom is -0.497 e.